The van der Waals surface area contributed by atoms with Crippen molar-refractivity contribution in [2.75, 3.05) is 24.5 Å². The minimum atomic E-state index is -0.0420. The number of carbonyl (C=O) groups is 1. The van der Waals surface area contributed by atoms with Gasteiger partial charge in [0.05, 0.1) is 11.2 Å². The highest BCUT2D eigenvalue weighted by atomic mass is 32.1. The van der Waals surface area contributed by atoms with Crippen LogP contribution in [0.4, 0.5) is 5.95 Å². The van der Waals surface area contributed by atoms with Gasteiger partial charge in [-0.05, 0) is 54.3 Å². The van der Waals surface area contributed by atoms with Crippen molar-refractivity contribution < 1.29 is 4.79 Å². The van der Waals surface area contributed by atoms with Crippen molar-refractivity contribution in [3.05, 3.63) is 74.5 Å². The van der Waals surface area contributed by atoms with Gasteiger partial charge in [-0.2, -0.15) is 0 Å². The number of benzene rings is 1. The number of aromatic nitrogens is 2. The van der Waals surface area contributed by atoms with Gasteiger partial charge in [0, 0.05) is 30.4 Å². The lowest BCUT2D eigenvalue weighted by Gasteiger charge is -2.33. The smallest absolute Gasteiger partial charge is 0.277 e. The molecule has 3 aromatic heterocycles. The van der Waals surface area contributed by atoms with Crippen LogP contribution < -0.4 is 15.8 Å². The highest BCUT2D eigenvalue weighted by molar-refractivity contribution is 7.17. The Balaban J connectivity index is 1.31. The van der Waals surface area contributed by atoms with Gasteiger partial charge >= 0.3 is 0 Å². The molecule has 4 aromatic rings. The van der Waals surface area contributed by atoms with E-state index in [4.69, 9.17) is 4.98 Å². The number of anilines is 1. The molecule has 0 unspecified atom stereocenters. The van der Waals surface area contributed by atoms with Crippen LogP contribution in [0.25, 0.3) is 15.9 Å². The third-order valence-corrected chi connectivity index (χ3v) is 7.70. The van der Waals surface area contributed by atoms with Gasteiger partial charge in [-0.1, -0.05) is 24.3 Å². The van der Waals surface area contributed by atoms with Crippen molar-refractivity contribution >= 4 is 44.7 Å². The van der Waals surface area contributed by atoms with Crippen LogP contribution in [0.3, 0.4) is 0 Å². The molecule has 164 valence electrons. The molecule has 0 atom stereocenters. The molecule has 1 N–H and O–H groups in total. The molecule has 6 nitrogen and oxygen atoms in total. The predicted octanol–water partition coefficient (Wildman–Crippen LogP) is 4.08. The second-order valence-corrected chi connectivity index (χ2v) is 9.85. The molecule has 0 aliphatic carbocycles. The molecule has 1 aromatic carbocycles. The first-order chi connectivity index (χ1) is 15.7. The van der Waals surface area contributed by atoms with Crippen LogP contribution in [0.1, 0.15) is 17.7 Å². The van der Waals surface area contributed by atoms with Gasteiger partial charge in [-0.25, -0.2) is 9.55 Å². The minimum Gasteiger partial charge on any atom is -0.355 e. The second kappa shape index (κ2) is 9.26. The quantitative estimate of drug-likeness (QED) is 0.467. The number of amides is 1. The van der Waals surface area contributed by atoms with Gasteiger partial charge < -0.3 is 10.2 Å². The van der Waals surface area contributed by atoms with E-state index in [1.807, 2.05) is 47.8 Å². The number of fused-ring (bicyclic) bond motifs is 1. The molecule has 1 saturated heterocycles. The van der Waals surface area contributed by atoms with Crippen molar-refractivity contribution in [2.24, 2.45) is 5.92 Å². The fraction of sp³-hybridized carbons (Fsp3) is 0.292. The number of piperidine rings is 1. The summed E-state index contributed by atoms with van der Waals surface area (Å²) in [6, 6.07) is 15.7. The first kappa shape index (κ1) is 20.9. The summed E-state index contributed by atoms with van der Waals surface area (Å²) in [6.45, 7) is 2.05. The SMILES string of the molecule is O=C(NCCc1cccs1)C1CCN(c2nc3ccsc3c(=O)n2-c2ccccc2)CC1. The Morgan fingerprint density at radius 3 is 2.59 bits per heavy atom. The minimum absolute atomic E-state index is 0.00337. The molecule has 32 heavy (non-hydrogen) atoms. The molecule has 4 heterocycles. The molecule has 0 saturated carbocycles. The van der Waals surface area contributed by atoms with Crippen molar-refractivity contribution in [3.63, 3.8) is 0 Å². The summed E-state index contributed by atoms with van der Waals surface area (Å²) in [7, 11) is 0. The Bertz CT molecular complexity index is 1260. The predicted molar refractivity (Wildman–Crippen MR) is 131 cm³/mol. The first-order valence-corrected chi connectivity index (χ1v) is 12.6. The van der Waals surface area contributed by atoms with E-state index in [0.717, 1.165) is 30.5 Å². The standard InChI is InChI=1S/C24H24N4O2S2/c29-22(25-12-8-19-7-4-15-31-19)17-9-13-27(14-10-17)24-26-20-11-16-32-21(20)23(30)28(24)18-5-2-1-3-6-18/h1-7,11,15-17H,8-10,12-14H2,(H,25,29). The van der Waals surface area contributed by atoms with Crippen LogP contribution in [-0.2, 0) is 11.2 Å². The third-order valence-electron chi connectivity index (χ3n) is 5.88. The fourth-order valence-corrected chi connectivity index (χ4v) is 5.64. The van der Waals surface area contributed by atoms with Crippen LogP contribution in [0.2, 0.25) is 0 Å². The van der Waals surface area contributed by atoms with Gasteiger partial charge in [0.1, 0.15) is 4.70 Å². The van der Waals surface area contributed by atoms with Gasteiger partial charge in [0.2, 0.25) is 11.9 Å². The van der Waals surface area contributed by atoms with E-state index in [0.29, 0.717) is 30.3 Å². The monoisotopic (exact) mass is 464 g/mol. The Morgan fingerprint density at radius 1 is 1.03 bits per heavy atom. The van der Waals surface area contributed by atoms with Crippen LogP contribution >= 0.6 is 22.7 Å². The summed E-state index contributed by atoms with van der Waals surface area (Å²) in [5.41, 5.74) is 1.50. The summed E-state index contributed by atoms with van der Waals surface area (Å²) >= 11 is 3.14. The van der Waals surface area contributed by atoms with Crippen molar-refractivity contribution in [1.29, 1.82) is 0 Å². The number of nitrogens with zero attached hydrogens (tertiary/aromatic N) is 3. The number of para-hydroxylation sites is 1. The average Bonchev–Trinajstić information content (AvgIpc) is 3.52. The zero-order valence-corrected chi connectivity index (χ0v) is 19.2. The van der Waals surface area contributed by atoms with Crippen molar-refractivity contribution in [3.8, 4) is 5.69 Å². The number of rotatable bonds is 6. The van der Waals surface area contributed by atoms with Gasteiger partial charge in [-0.3, -0.25) is 9.59 Å². The molecular formula is C24H24N4O2S2. The number of carbonyl (C=O) groups excluding carboxylic acids is 1. The van der Waals surface area contributed by atoms with E-state index in [-0.39, 0.29) is 17.4 Å². The number of thiophene rings is 2. The zero-order chi connectivity index (χ0) is 21.9. The molecule has 1 fully saturated rings. The van der Waals surface area contributed by atoms with E-state index in [9.17, 15) is 9.59 Å². The van der Waals surface area contributed by atoms with Crippen LogP contribution in [-0.4, -0.2) is 35.1 Å². The van der Waals surface area contributed by atoms with Gasteiger partial charge in [0.25, 0.3) is 5.56 Å². The normalized spacial score (nSPS) is 14.7. The van der Waals surface area contributed by atoms with Crippen molar-refractivity contribution in [1.82, 2.24) is 14.9 Å². The van der Waals surface area contributed by atoms with Crippen LogP contribution in [0.5, 0.6) is 0 Å². The molecular weight excluding hydrogens is 440 g/mol. The van der Waals surface area contributed by atoms with E-state index in [1.54, 1.807) is 15.9 Å². The Hall–Kier alpha value is -2.97. The fourth-order valence-electron chi connectivity index (χ4n) is 4.17. The maximum Gasteiger partial charge on any atom is 0.277 e. The molecule has 1 amide bonds. The summed E-state index contributed by atoms with van der Waals surface area (Å²) in [4.78, 5) is 34.2. The number of nitrogens with one attached hydrogen (secondary N) is 1. The molecule has 0 radical (unpaired) electrons. The maximum absolute atomic E-state index is 13.3. The zero-order valence-electron chi connectivity index (χ0n) is 17.6. The summed E-state index contributed by atoms with van der Waals surface area (Å²) in [6.07, 6.45) is 2.37. The van der Waals surface area contributed by atoms with Crippen LogP contribution in [0, 0.1) is 5.92 Å². The lowest BCUT2D eigenvalue weighted by Crippen LogP contribution is -2.43. The Labute approximate surface area is 194 Å². The Kier molecular flexibility index (Phi) is 6.05. The lowest BCUT2D eigenvalue weighted by molar-refractivity contribution is -0.125. The Morgan fingerprint density at radius 2 is 1.84 bits per heavy atom. The van der Waals surface area contributed by atoms with Gasteiger partial charge in [-0.15, -0.1) is 22.7 Å². The largest absolute Gasteiger partial charge is 0.355 e. The van der Waals surface area contributed by atoms with E-state index in [1.165, 1.54) is 16.2 Å². The summed E-state index contributed by atoms with van der Waals surface area (Å²) in [5.74, 6) is 0.780. The van der Waals surface area contributed by atoms with Gasteiger partial charge in [0.15, 0.2) is 0 Å². The highest BCUT2D eigenvalue weighted by Crippen LogP contribution is 2.26. The van der Waals surface area contributed by atoms with E-state index < -0.39 is 0 Å². The average molecular weight is 465 g/mol. The molecule has 1 aliphatic rings. The van der Waals surface area contributed by atoms with Crippen molar-refractivity contribution in [2.45, 2.75) is 19.3 Å². The molecule has 1 aliphatic heterocycles. The molecule has 0 bridgehead atoms. The molecule has 5 rings (SSSR count). The number of hydrogen-bond donors (Lipinski definition) is 1. The van der Waals surface area contributed by atoms with E-state index >= 15 is 0 Å². The number of hydrogen-bond acceptors (Lipinski definition) is 6. The summed E-state index contributed by atoms with van der Waals surface area (Å²) in [5, 5.41) is 7.06. The topological polar surface area (TPSA) is 67.2 Å². The molecule has 8 heteroatoms. The summed E-state index contributed by atoms with van der Waals surface area (Å²) < 4.78 is 2.37. The third kappa shape index (κ3) is 4.20. The maximum atomic E-state index is 13.3. The lowest BCUT2D eigenvalue weighted by atomic mass is 9.96. The van der Waals surface area contributed by atoms with Crippen LogP contribution in [0.15, 0.2) is 64.1 Å². The highest BCUT2D eigenvalue weighted by Gasteiger charge is 2.28. The first-order valence-electron chi connectivity index (χ1n) is 10.8. The van der Waals surface area contributed by atoms with E-state index in [2.05, 4.69) is 21.7 Å². The second-order valence-electron chi connectivity index (χ2n) is 7.90. The molecule has 0 spiro atoms.